The average molecular weight is 397 g/mol. The van der Waals surface area contributed by atoms with Gasteiger partial charge in [-0.25, -0.2) is 14.4 Å². The van der Waals surface area contributed by atoms with Crippen molar-refractivity contribution in [2.75, 3.05) is 18.4 Å². The Kier molecular flexibility index (Phi) is 6.37. The van der Waals surface area contributed by atoms with E-state index in [2.05, 4.69) is 15.3 Å². The van der Waals surface area contributed by atoms with Gasteiger partial charge in [-0.3, -0.25) is 4.79 Å². The molecule has 1 amide bonds. The highest BCUT2D eigenvalue weighted by atomic mass is 19.1. The van der Waals surface area contributed by atoms with E-state index in [1.54, 1.807) is 18.3 Å². The fraction of sp³-hybridized carbons (Fsp3) is 0.522. The summed E-state index contributed by atoms with van der Waals surface area (Å²) in [5.74, 6) is 1.34. The van der Waals surface area contributed by atoms with Gasteiger partial charge in [0.2, 0.25) is 11.9 Å². The van der Waals surface area contributed by atoms with E-state index in [0.29, 0.717) is 24.2 Å². The Bertz CT molecular complexity index is 820. The Morgan fingerprint density at radius 1 is 1.07 bits per heavy atom. The van der Waals surface area contributed by atoms with E-state index >= 15 is 0 Å². The van der Waals surface area contributed by atoms with E-state index in [1.807, 2.05) is 11.0 Å². The Hall–Kier alpha value is -2.50. The second-order valence-electron chi connectivity index (χ2n) is 8.32. The van der Waals surface area contributed by atoms with Crippen LogP contribution in [0, 0.1) is 11.7 Å². The number of nitrogens with zero attached hydrogens (tertiary/aromatic N) is 3. The number of rotatable bonds is 5. The van der Waals surface area contributed by atoms with Crippen LogP contribution in [0.15, 0.2) is 36.5 Å². The van der Waals surface area contributed by atoms with Gasteiger partial charge in [0.15, 0.2) is 0 Å². The molecule has 0 unspecified atom stereocenters. The average Bonchev–Trinajstić information content (AvgIpc) is 2.76. The number of anilines is 2. The Labute approximate surface area is 171 Å². The van der Waals surface area contributed by atoms with Gasteiger partial charge in [-0.15, -0.1) is 0 Å². The van der Waals surface area contributed by atoms with Crippen molar-refractivity contribution in [3.8, 4) is 0 Å². The number of benzene rings is 1. The molecule has 0 spiro atoms. The Balaban J connectivity index is 1.38. The summed E-state index contributed by atoms with van der Waals surface area (Å²) in [6.07, 6.45) is 10.7. The van der Waals surface area contributed by atoms with Crippen LogP contribution in [-0.2, 0) is 4.79 Å². The third-order valence-corrected chi connectivity index (χ3v) is 6.16. The van der Waals surface area contributed by atoms with Crippen molar-refractivity contribution in [1.82, 2.24) is 14.9 Å². The monoisotopic (exact) mass is 396 g/mol. The minimum atomic E-state index is -0.273. The maximum atomic E-state index is 13.1. The van der Waals surface area contributed by atoms with Gasteiger partial charge in [-0.2, -0.15) is 0 Å². The van der Waals surface area contributed by atoms with Crippen LogP contribution >= 0.6 is 0 Å². The van der Waals surface area contributed by atoms with Crippen LogP contribution in [0.3, 0.4) is 0 Å². The number of likely N-dealkylation sites (tertiary alicyclic amines) is 1. The third kappa shape index (κ3) is 5.31. The number of piperidine rings is 1. The first-order valence-corrected chi connectivity index (χ1v) is 10.8. The van der Waals surface area contributed by atoms with Crippen LogP contribution in [-0.4, -0.2) is 33.9 Å². The van der Waals surface area contributed by atoms with Gasteiger partial charge in [-0.05, 0) is 61.9 Å². The molecule has 1 aliphatic carbocycles. The number of aromatic nitrogens is 2. The van der Waals surface area contributed by atoms with Crippen molar-refractivity contribution < 1.29 is 9.18 Å². The van der Waals surface area contributed by atoms with E-state index in [1.165, 1.54) is 44.2 Å². The topological polar surface area (TPSA) is 58.1 Å². The lowest BCUT2D eigenvalue weighted by Crippen LogP contribution is -2.40. The molecule has 2 aliphatic rings. The van der Waals surface area contributed by atoms with E-state index < -0.39 is 0 Å². The first-order valence-electron chi connectivity index (χ1n) is 10.8. The molecule has 0 bridgehead atoms. The van der Waals surface area contributed by atoms with Crippen molar-refractivity contribution >= 4 is 17.5 Å². The molecule has 0 radical (unpaired) electrons. The highest BCUT2D eigenvalue weighted by Gasteiger charge is 2.27. The Morgan fingerprint density at radius 2 is 1.86 bits per heavy atom. The summed E-state index contributed by atoms with van der Waals surface area (Å²) in [6, 6.07) is 8.08. The normalized spacial score (nSPS) is 20.4. The smallest absolute Gasteiger partial charge is 0.227 e. The zero-order valence-corrected chi connectivity index (χ0v) is 16.8. The van der Waals surface area contributed by atoms with E-state index in [4.69, 9.17) is 0 Å². The molecule has 1 N–H and O–H groups in total. The van der Waals surface area contributed by atoms with Crippen LogP contribution in [0.1, 0.15) is 63.0 Å². The number of hydrogen-bond acceptors (Lipinski definition) is 4. The van der Waals surface area contributed by atoms with E-state index in [-0.39, 0.29) is 11.7 Å². The predicted molar refractivity (Wildman–Crippen MR) is 111 cm³/mol. The molecule has 1 saturated heterocycles. The number of nitrogens with one attached hydrogen (secondary N) is 1. The molecule has 154 valence electrons. The van der Waals surface area contributed by atoms with Gasteiger partial charge < -0.3 is 10.2 Å². The van der Waals surface area contributed by atoms with Gasteiger partial charge in [0.1, 0.15) is 5.82 Å². The van der Waals surface area contributed by atoms with Crippen molar-refractivity contribution in [2.24, 2.45) is 5.92 Å². The summed E-state index contributed by atoms with van der Waals surface area (Å²) in [4.78, 5) is 23.8. The standard InChI is InChI=1S/C23H29FN4O/c24-19-8-10-20(11-9-19)26-23-25-13-12-21(27-23)18-7-4-14-28(16-18)22(29)15-17-5-2-1-3-6-17/h8-13,17-18H,1-7,14-16H2,(H,25,26,27)/t18-/m0/s1. The molecule has 1 aliphatic heterocycles. The largest absolute Gasteiger partial charge is 0.342 e. The molecule has 1 aromatic carbocycles. The maximum Gasteiger partial charge on any atom is 0.227 e. The summed E-state index contributed by atoms with van der Waals surface area (Å²) < 4.78 is 13.1. The van der Waals surface area contributed by atoms with Crippen LogP contribution in [0.5, 0.6) is 0 Å². The maximum absolute atomic E-state index is 13.1. The fourth-order valence-corrected chi connectivity index (χ4v) is 4.53. The van der Waals surface area contributed by atoms with Gasteiger partial charge in [0.05, 0.1) is 5.69 Å². The quantitative estimate of drug-likeness (QED) is 0.770. The summed E-state index contributed by atoms with van der Waals surface area (Å²) in [5.41, 5.74) is 1.70. The highest BCUT2D eigenvalue weighted by Crippen LogP contribution is 2.30. The zero-order chi connectivity index (χ0) is 20.1. The summed E-state index contributed by atoms with van der Waals surface area (Å²) in [6.45, 7) is 1.59. The van der Waals surface area contributed by atoms with Crippen molar-refractivity contribution in [2.45, 2.75) is 57.3 Å². The van der Waals surface area contributed by atoms with Crippen molar-refractivity contribution in [3.63, 3.8) is 0 Å². The molecule has 29 heavy (non-hydrogen) atoms. The lowest BCUT2D eigenvalue weighted by molar-refractivity contribution is -0.133. The lowest BCUT2D eigenvalue weighted by Gasteiger charge is -2.34. The van der Waals surface area contributed by atoms with Crippen LogP contribution in [0.4, 0.5) is 16.0 Å². The molecule has 1 saturated carbocycles. The number of amides is 1. The van der Waals surface area contributed by atoms with Crippen LogP contribution < -0.4 is 5.32 Å². The summed E-state index contributed by atoms with van der Waals surface area (Å²) in [5, 5.41) is 3.13. The molecule has 2 heterocycles. The van der Waals surface area contributed by atoms with Crippen molar-refractivity contribution in [3.05, 3.63) is 48.0 Å². The molecule has 1 atom stereocenters. The first-order chi connectivity index (χ1) is 14.2. The van der Waals surface area contributed by atoms with Gasteiger partial charge in [0.25, 0.3) is 0 Å². The van der Waals surface area contributed by atoms with Gasteiger partial charge in [0, 0.05) is 37.3 Å². The van der Waals surface area contributed by atoms with Crippen molar-refractivity contribution in [1.29, 1.82) is 0 Å². The molecule has 5 nitrogen and oxygen atoms in total. The van der Waals surface area contributed by atoms with Crippen LogP contribution in [0.2, 0.25) is 0 Å². The molecule has 2 fully saturated rings. The number of halogens is 1. The minimum absolute atomic E-state index is 0.232. The highest BCUT2D eigenvalue weighted by molar-refractivity contribution is 5.76. The Morgan fingerprint density at radius 3 is 2.66 bits per heavy atom. The molecule has 1 aromatic heterocycles. The summed E-state index contributed by atoms with van der Waals surface area (Å²) in [7, 11) is 0. The van der Waals surface area contributed by atoms with Crippen LogP contribution in [0.25, 0.3) is 0 Å². The number of carbonyl (C=O) groups excluding carboxylic acids is 1. The number of carbonyl (C=O) groups is 1. The van der Waals surface area contributed by atoms with E-state index in [9.17, 15) is 9.18 Å². The molecule has 2 aromatic rings. The first kappa shape index (κ1) is 19.8. The second kappa shape index (κ2) is 9.33. The van der Waals surface area contributed by atoms with Gasteiger partial charge in [-0.1, -0.05) is 19.3 Å². The molecular weight excluding hydrogens is 367 g/mol. The molecule has 4 rings (SSSR count). The predicted octanol–water partition coefficient (Wildman–Crippen LogP) is 5.04. The third-order valence-electron chi connectivity index (χ3n) is 6.16. The molecular formula is C23H29FN4O. The zero-order valence-electron chi connectivity index (χ0n) is 16.8. The summed E-state index contributed by atoms with van der Waals surface area (Å²) >= 11 is 0. The lowest BCUT2D eigenvalue weighted by atomic mass is 9.86. The second-order valence-corrected chi connectivity index (χ2v) is 8.32. The number of hydrogen-bond donors (Lipinski definition) is 1. The van der Waals surface area contributed by atoms with Gasteiger partial charge >= 0.3 is 0 Å². The fourth-order valence-electron chi connectivity index (χ4n) is 4.53. The SMILES string of the molecule is O=C(CC1CCCCC1)N1CCC[C@H](c2ccnc(Nc3ccc(F)cc3)n2)C1. The minimum Gasteiger partial charge on any atom is -0.342 e. The van der Waals surface area contributed by atoms with E-state index in [0.717, 1.165) is 37.3 Å². The molecule has 6 heteroatoms.